The molecule has 0 aliphatic heterocycles. The Morgan fingerprint density at radius 2 is 1.83 bits per heavy atom. The van der Waals surface area contributed by atoms with Crippen LogP contribution in [0.1, 0.15) is 25.5 Å². The van der Waals surface area contributed by atoms with E-state index in [0.717, 1.165) is 16.3 Å². The molecule has 2 rings (SSSR count). The summed E-state index contributed by atoms with van der Waals surface area (Å²) in [5, 5.41) is 15.6. The van der Waals surface area contributed by atoms with Crippen molar-refractivity contribution in [3.63, 3.8) is 0 Å². The van der Waals surface area contributed by atoms with Gasteiger partial charge in [-0.3, -0.25) is 4.79 Å². The van der Waals surface area contributed by atoms with Gasteiger partial charge in [0.15, 0.2) is 0 Å². The van der Waals surface area contributed by atoms with E-state index in [9.17, 15) is 4.79 Å². The van der Waals surface area contributed by atoms with Crippen molar-refractivity contribution in [2.45, 2.75) is 19.9 Å². The standard InChI is InChI=1S/C18H21ClN2O2/c1-12(2)18(15-8-3-4-9-16(15)19)21-14-7-5-6-13(10-14)20-17(23)11-22/h3-10,12,18,21-22H,11H2,1-2H3,(H,20,23). The lowest BCUT2D eigenvalue weighted by molar-refractivity contribution is -0.118. The minimum atomic E-state index is -0.536. The molecule has 0 heterocycles. The largest absolute Gasteiger partial charge is 0.387 e. The second-order valence-corrected chi connectivity index (χ2v) is 6.08. The molecule has 0 fully saturated rings. The third-order valence-corrected chi connectivity index (χ3v) is 3.86. The number of nitrogens with one attached hydrogen (secondary N) is 2. The van der Waals surface area contributed by atoms with Crippen molar-refractivity contribution >= 4 is 28.9 Å². The van der Waals surface area contributed by atoms with Crippen LogP contribution in [-0.2, 0) is 4.79 Å². The highest BCUT2D eigenvalue weighted by atomic mass is 35.5. The molecule has 0 aliphatic carbocycles. The van der Waals surface area contributed by atoms with Crippen molar-refractivity contribution in [1.82, 2.24) is 0 Å². The van der Waals surface area contributed by atoms with Crippen LogP contribution >= 0.6 is 11.6 Å². The summed E-state index contributed by atoms with van der Waals surface area (Å²) in [5.74, 6) is -0.112. The molecule has 2 aromatic carbocycles. The average Bonchev–Trinajstić information content (AvgIpc) is 2.53. The predicted molar refractivity (Wildman–Crippen MR) is 94.8 cm³/mol. The van der Waals surface area contributed by atoms with Gasteiger partial charge in [0.2, 0.25) is 5.91 Å². The van der Waals surface area contributed by atoms with Gasteiger partial charge in [-0.05, 0) is 35.7 Å². The van der Waals surface area contributed by atoms with Gasteiger partial charge in [0.25, 0.3) is 0 Å². The number of aliphatic hydroxyl groups excluding tert-OH is 1. The second-order valence-electron chi connectivity index (χ2n) is 5.67. The summed E-state index contributed by atoms with van der Waals surface area (Å²) in [6, 6.07) is 15.2. The lowest BCUT2D eigenvalue weighted by Gasteiger charge is -2.25. The summed E-state index contributed by atoms with van der Waals surface area (Å²) in [6.07, 6.45) is 0. The minimum absolute atomic E-state index is 0.0486. The van der Waals surface area contributed by atoms with E-state index in [1.165, 1.54) is 0 Å². The van der Waals surface area contributed by atoms with Crippen LogP contribution in [0.4, 0.5) is 11.4 Å². The van der Waals surface area contributed by atoms with Crippen molar-refractivity contribution in [3.05, 3.63) is 59.1 Å². The number of halogens is 1. The zero-order valence-electron chi connectivity index (χ0n) is 13.2. The van der Waals surface area contributed by atoms with Crippen LogP contribution in [0.25, 0.3) is 0 Å². The highest BCUT2D eigenvalue weighted by Crippen LogP contribution is 2.31. The summed E-state index contributed by atoms with van der Waals surface area (Å²) in [4.78, 5) is 11.3. The van der Waals surface area contributed by atoms with Crippen LogP contribution in [-0.4, -0.2) is 17.6 Å². The third-order valence-electron chi connectivity index (χ3n) is 3.52. The number of aliphatic hydroxyl groups is 1. The maximum atomic E-state index is 11.3. The normalized spacial score (nSPS) is 12.0. The zero-order chi connectivity index (χ0) is 16.8. The summed E-state index contributed by atoms with van der Waals surface area (Å²) in [5.41, 5.74) is 2.55. The first-order valence-electron chi connectivity index (χ1n) is 7.53. The molecule has 1 atom stereocenters. The SMILES string of the molecule is CC(C)C(Nc1cccc(NC(=O)CO)c1)c1ccccc1Cl. The zero-order valence-corrected chi connectivity index (χ0v) is 14.0. The van der Waals surface area contributed by atoms with E-state index in [1.54, 1.807) is 6.07 Å². The lowest BCUT2D eigenvalue weighted by Crippen LogP contribution is -2.18. The molecule has 0 saturated carbocycles. The Morgan fingerprint density at radius 3 is 2.48 bits per heavy atom. The van der Waals surface area contributed by atoms with E-state index < -0.39 is 12.5 Å². The number of rotatable bonds is 6. The number of carbonyl (C=O) groups is 1. The highest BCUT2D eigenvalue weighted by Gasteiger charge is 2.18. The first-order valence-corrected chi connectivity index (χ1v) is 7.90. The van der Waals surface area contributed by atoms with Gasteiger partial charge in [-0.25, -0.2) is 0 Å². The summed E-state index contributed by atoms with van der Waals surface area (Å²) in [7, 11) is 0. The van der Waals surface area contributed by atoms with Gasteiger partial charge in [0.1, 0.15) is 6.61 Å². The molecular formula is C18H21ClN2O2. The topological polar surface area (TPSA) is 61.4 Å². The quantitative estimate of drug-likeness (QED) is 0.747. The lowest BCUT2D eigenvalue weighted by atomic mass is 9.95. The molecule has 122 valence electrons. The van der Waals surface area contributed by atoms with Gasteiger partial charge in [-0.2, -0.15) is 0 Å². The van der Waals surface area contributed by atoms with Gasteiger partial charge in [-0.15, -0.1) is 0 Å². The molecule has 3 N–H and O–H groups in total. The molecule has 0 radical (unpaired) electrons. The monoisotopic (exact) mass is 332 g/mol. The third kappa shape index (κ3) is 4.71. The number of amides is 1. The fraction of sp³-hybridized carbons (Fsp3) is 0.278. The van der Waals surface area contributed by atoms with E-state index in [-0.39, 0.29) is 6.04 Å². The van der Waals surface area contributed by atoms with E-state index in [4.69, 9.17) is 16.7 Å². The minimum Gasteiger partial charge on any atom is -0.387 e. The van der Waals surface area contributed by atoms with Crippen LogP contribution in [0.3, 0.4) is 0 Å². The Morgan fingerprint density at radius 1 is 1.13 bits per heavy atom. The molecular weight excluding hydrogens is 312 g/mol. The maximum Gasteiger partial charge on any atom is 0.250 e. The van der Waals surface area contributed by atoms with Crippen molar-refractivity contribution < 1.29 is 9.90 Å². The van der Waals surface area contributed by atoms with Gasteiger partial charge >= 0.3 is 0 Å². The number of hydrogen-bond acceptors (Lipinski definition) is 3. The van der Waals surface area contributed by atoms with Crippen molar-refractivity contribution in [2.75, 3.05) is 17.2 Å². The molecule has 0 aliphatic rings. The number of carbonyl (C=O) groups excluding carboxylic acids is 1. The summed E-state index contributed by atoms with van der Waals surface area (Å²) in [6.45, 7) is 3.71. The van der Waals surface area contributed by atoms with Crippen molar-refractivity contribution in [1.29, 1.82) is 0 Å². The van der Waals surface area contributed by atoms with Gasteiger partial charge in [-0.1, -0.05) is 49.7 Å². The van der Waals surface area contributed by atoms with Gasteiger partial charge < -0.3 is 15.7 Å². The Bertz CT molecular complexity index is 674. The number of benzene rings is 2. The average molecular weight is 333 g/mol. The summed E-state index contributed by atoms with van der Waals surface area (Å²) >= 11 is 6.32. The fourth-order valence-corrected chi connectivity index (χ4v) is 2.65. The first-order chi connectivity index (χ1) is 11.0. The molecule has 1 amide bonds. The van der Waals surface area contributed by atoms with E-state index >= 15 is 0 Å². The summed E-state index contributed by atoms with van der Waals surface area (Å²) < 4.78 is 0. The van der Waals surface area contributed by atoms with E-state index in [0.29, 0.717) is 11.6 Å². The van der Waals surface area contributed by atoms with E-state index in [1.807, 2.05) is 42.5 Å². The predicted octanol–water partition coefficient (Wildman–Crippen LogP) is 4.08. The fourth-order valence-electron chi connectivity index (χ4n) is 2.40. The van der Waals surface area contributed by atoms with Crippen LogP contribution in [0.2, 0.25) is 5.02 Å². The Labute approximate surface area is 141 Å². The van der Waals surface area contributed by atoms with Gasteiger partial charge in [0, 0.05) is 16.4 Å². The molecule has 5 heteroatoms. The van der Waals surface area contributed by atoms with Crippen molar-refractivity contribution in [2.24, 2.45) is 5.92 Å². The van der Waals surface area contributed by atoms with Crippen LogP contribution in [0, 0.1) is 5.92 Å². The van der Waals surface area contributed by atoms with E-state index in [2.05, 4.69) is 24.5 Å². The molecule has 1 unspecified atom stereocenters. The molecule has 0 bridgehead atoms. The van der Waals surface area contributed by atoms with Gasteiger partial charge in [0.05, 0.1) is 6.04 Å². The Balaban J connectivity index is 2.22. The van der Waals surface area contributed by atoms with Crippen LogP contribution in [0.5, 0.6) is 0 Å². The second kappa shape index (κ2) is 7.99. The molecule has 0 saturated heterocycles. The first kappa shape index (κ1) is 17.3. The number of hydrogen-bond donors (Lipinski definition) is 3. The molecule has 0 aromatic heterocycles. The van der Waals surface area contributed by atoms with Crippen molar-refractivity contribution in [3.8, 4) is 0 Å². The molecule has 0 spiro atoms. The Hall–Kier alpha value is -2.04. The molecule has 2 aromatic rings. The highest BCUT2D eigenvalue weighted by molar-refractivity contribution is 6.31. The Kier molecular flexibility index (Phi) is 6.02. The van der Waals surface area contributed by atoms with Crippen LogP contribution in [0.15, 0.2) is 48.5 Å². The molecule has 23 heavy (non-hydrogen) atoms. The maximum absolute atomic E-state index is 11.3. The van der Waals surface area contributed by atoms with Crippen LogP contribution < -0.4 is 10.6 Å². The smallest absolute Gasteiger partial charge is 0.250 e. The molecule has 4 nitrogen and oxygen atoms in total. The number of anilines is 2.